The molecule has 0 spiro atoms. The van der Waals surface area contributed by atoms with Gasteiger partial charge in [-0.25, -0.2) is 13.8 Å². The number of amides is 2. The van der Waals surface area contributed by atoms with E-state index < -0.39 is 18.4 Å². The maximum absolute atomic E-state index is 13.7. The van der Waals surface area contributed by atoms with Gasteiger partial charge in [-0.15, -0.1) is 23.4 Å². The molecule has 14 heteroatoms. The minimum absolute atomic E-state index is 0.00348. The second kappa shape index (κ2) is 12.2. The van der Waals surface area contributed by atoms with Gasteiger partial charge < -0.3 is 20.3 Å². The van der Waals surface area contributed by atoms with E-state index in [0.29, 0.717) is 32.2 Å². The van der Waals surface area contributed by atoms with Gasteiger partial charge in [-0.2, -0.15) is 0 Å². The third-order valence-corrected chi connectivity index (χ3v) is 11.0. The van der Waals surface area contributed by atoms with Crippen LogP contribution in [-0.2, 0) is 14.3 Å². The summed E-state index contributed by atoms with van der Waals surface area (Å²) in [5.41, 5.74) is 2.57. The number of likely N-dealkylation sites (tertiary alicyclic amines) is 1. The zero-order valence-electron chi connectivity index (χ0n) is 22.9. The number of hydrogen-bond acceptors (Lipinski definition) is 9. The summed E-state index contributed by atoms with van der Waals surface area (Å²) in [4.78, 5) is 28.6. The number of carbonyl (C=O) groups is 2. The van der Waals surface area contributed by atoms with Gasteiger partial charge in [0, 0.05) is 63.7 Å². The van der Waals surface area contributed by atoms with Crippen molar-refractivity contribution < 1.29 is 23.1 Å². The summed E-state index contributed by atoms with van der Waals surface area (Å²) in [5, 5.41) is 14.9. The van der Waals surface area contributed by atoms with Gasteiger partial charge in [0.2, 0.25) is 11.8 Å². The van der Waals surface area contributed by atoms with Crippen molar-refractivity contribution in [1.29, 1.82) is 0 Å². The van der Waals surface area contributed by atoms with Crippen LogP contribution in [0.2, 0.25) is 0 Å². The summed E-state index contributed by atoms with van der Waals surface area (Å²) in [7, 11) is 3.28. The quantitative estimate of drug-likeness (QED) is 0.218. The molecule has 10 nitrogen and oxygen atoms in total. The van der Waals surface area contributed by atoms with Crippen LogP contribution in [0.3, 0.4) is 0 Å². The number of alkyl halides is 3. The van der Waals surface area contributed by atoms with Gasteiger partial charge in [0.1, 0.15) is 5.50 Å². The number of ether oxygens (including phenoxy) is 1. The predicted molar refractivity (Wildman–Crippen MR) is 146 cm³/mol. The molecule has 39 heavy (non-hydrogen) atoms. The lowest BCUT2D eigenvalue weighted by Crippen LogP contribution is -2.57. The first kappa shape index (κ1) is 29.7. The molecule has 2 amide bonds. The van der Waals surface area contributed by atoms with Crippen LogP contribution >= 0.6 is 23.4 Å². The van der Waals surface area contributed by atoms with Crippen LogP contribution in [0.1, 0.15) is 26.7 Å². The number of nitrogens with zero attached hydrogens (tertiary/aromatic N) is 2. The Balaban J connectivity index is 1.18. The van der Waals surface area contributed by atoms with E-state index in [2.05, 4.69) is 33.6 Å². The molecule has 0 aliphatic carbocycles. The Morgan fingerprint density at radius 3 is 2.59 bits per heavy atom. The molecule has 5 rings (SSSR count). The van der Waals surface area contributed by atoms with E-state index in [9.17, 15) is 18.4 Å². The van der Waals surface area contributed by atoms with Crippen molar-refractivity contribution in [2.24, 2.45) is 23.7 Å². The zero-order valence-corrected chi connectivity index (χ0v) is 24.5. The first-order chi connectivity index (χ1) is 18.6. The molecular formula is C25H42ClF2N7O3S. The molecule has 5 aliphatic rings. The number of methoxy groups -OCH3 is 1. The monoisotopic (exact) mass is 593 g/mol. The maximum Gasteiger partial charge on any atom is 0.256 e. The van der Waals surface area contributed by atoms with Gasteiger partial charge in [-0.05, 0) is 38.5 Å². The standard InChI is InChI=1S/C25H42ClF2N7O3S/c1-11-5-13(14-6-19(26)30-8-17(14)38-4)15(7-29-11)23(36)32-25-31-16-9-35(10-18(16)39-25)24(37)20-12(2)33-34(3)21(20)22(27)28/h11-22,25,29-31,33H,5-10H2,1-4H3,(H,32,36). The molecule has 5 heterocycles. The highest BCUT2D eigenvalue weighted by atomic mass is 35.5. The fourth-order valence-electron chi connectivity index (χ4n) is 7.37. The Labute approximate surface area is 238 Å². The number of fused-ring (bicyclic) bond motifs is 1. The van der Waals surface area contributed by atoms with Crippen LogP contribution in [-0.4, -0.2) is 115 Å². The number of rotatable bonds is 6. The summed E-state index contributed by atoms with van der Waals surface area (Å²) in [6.07, 6.45) is -0.975. The number of hydrogen-bond donors (Lipinski definition) is 5. The molecule has 5 N–H and O–H groups in total. The normalized spacial score (nSPS) is 45.1. The van der Waals surface area contributed by atoms with Crippen LogP contribution in [0.15, 0.2) is 0 Å². The van der Waals surface area contributed by atoms with Gasteiger partial charge in [-0.3, -0.25) is 25.6 Å². The molecule has 12 unspecified atom stereocenters. The molecule has 0 aromatic heterocycles. The average molecular weight is 594 g/mol. The van der Waals surface area contributed by atoms with Crippen molar-refractivity contribution >= 4 is 35.2 Å². The minimum Gasteiger partial charge on any atom is -0.380 e. The van der Waals surface area contributed by atoms with Crippen LogP contribution in [0, 0.1) is 23.7 Å². The Bertz CT molecular complexity index is 898. The molecule has 0 saturated carbocycles. The minimum atomic E-state index is -2.61. The van der Waals surface area contributed by atoms with Crippen molar-refractivity contribution in [3.63, 3.8) is 0 Å². The summed E-state index contributed by atoms with van der Waals surface area (Å²) >= 11 is 8.06. The molecule has 5 saturated heterocycles. The average Bonchev–Trinajstić information content (AvgIpc) is 3.54. The highest BCUT2D eigenvalue weighted by Gasteiger charge is 2.52. The Morgan fingerprint density at radius 1 is 1.13 bits per heavy atom. The van der Waals surface area contributed by atoms with Crippen LogP contribution in [0.4, 0.5) is 8.78 Å². The predicted octanol–water partition coefficient (Wildman–Crippen LogP) is 0.194. The number of hydrazine groups is 1. The largest absolute Gasteiger partial charge is 0.380 e. The summed E-state index contributed by atoms with van der Waals surface area (Å²) in [6.45, 7) is 6.11. The van der Waals surface area contributed by atoms with Gasteiger partial charge in [0.05, 0.1) is 29.5 Å². The van der Waals surface area contributed by atoms with E-state index in [1.54, 1.807) is 37.7 Å². The maximum atomic E-state index is 13.7. The van der Waals surface area contributed by atoms with Crippen molar-refractivity contribution in [3.05, 3.63) is 0 Å². The van der Waals surface area contributed by atoms with E-state index in [1.165, 1.54) is 5.01 Å². The molecular weight excluding hydrogens is 552 g/mol. The van der Waals surface area contributed by atoms with Gasteiger partial charge in [-0.1, -0.05) is 0 Å². The first-order valence-corrected chi connectivity index (χ1v) is 15.4. The van der Waals surface area contributed by atoms with Crippen molar-refractivity contribution in [1.82, 2.24) is 36.6 Å². The summed E-state index contributed by atoms with van der Waals surface area (Å²) in [6, 6.07) is -1.20. The Kier molecular flexibility index (Phi) is 9.29. The molecule has 5 fully saturated rings. The van der Waals surface area contributed by atoms with Crippen molar-refractivity contribution in [2.45, 2.75) is 79.6 Å². The molecule has 0 radical (unpaired) electrons. The Morgan fingerprint density at radius 2 is 1.90 bits per heavy atom. The lowest BCUT2D eigenvalue weighted by molar-refractivity contribution is -0.137. The van der Waals surface area contributed by atoms with Crippen LogP contribution in [0.5, 0.6) is 0 Å². The van der Waals surface area contributed by atoms with E-state index in [1.807, 2.05) is 0 Å². The second-order valence-electron chi connectivity index (χ2n) is 11.8. The van der Waals surface area contributed by atoms with E-state index in [-0.39, 0.29) is 64.0 Å². The Hall–Kier alpha value is -0.800. The van der Waals surface area contributed by atoms with Crippen LogP contribution < -0.4 is 26.7 Å². The smallest absolute Gasteiger partial charge is 0.256 e. The molecule has 12 atom stereocenters. The molecule has 0 aromatic carbocycles. The molecule has 0 bridgehead atoms. The third kappa shape index (κ3) is 6.06. The number of thioether (sulfide) groups is 1. The fraction of sp³-hybridized carbons (Fsp3) is 0.920. The summed E-state index contributed by atoms with van der Waals surface area (Å²) in [5.74, 6) is -0.899. The SMILES string of the molecule is COC1CNC(Cl)CC1C1CC(C)NCC1C(=O)NC1NC2CN(C(=O)C3C(C)NN(C)C3C(F)F)CC2S1. The van der Waals surface area contributed by atoms with Gasteiger partial charge in [0.25, 0.3) is 6.43 Å². The van der Waals surface area contributed by atoms with E-state index in [0.717, 1.165) is 12.8 Å². The first-order valence-electron chi connectivity index (χ1n) is 14.0. The third-order valence-electron chi connectivity index (χ3n) is 9.35. The number of nitrogens with one attached hydrogen (secondary N) is 5. The lowest BCUT2D eigenvalue weighted by Gasteiger charge is -2.45. The number of piperidine rings is 2. The zero-order chi connectivity index (χ0) is 28.0. The highest BCUT2D eigenvalue weighted by molar-refractivity contribution is 8.00. The number of carbonyl (C=O) groups excluding carboxylic acids is 2. The van der Waals surface area contributed by atoms with Crippen molar-refractivity contribution in [3.8, 4) is 0 Å². The molecule has 0 aromatic rings. The topological polar surface area (TPSA) is 110 Å². The highest BCUT2D eigenvalue weighted by Crippen LogP contribution is 2.39. The molecule has 5 aliphatic heterocycles. The summed E-state index contributed by atoms with van der Waals surface area (Å²) < 4.78 is 33.2. The lowest BCUT2D eigenvalue weighted by atomic mass is 9.70. The van der Waals surface area contributed by atoms with Gasteiger partial charge in [0.15, 0.2) is 0 Å². The van der Waals surface area contributed by atoms with E-state index >= 15 is 0 Å². The van der Waals surface area contributed by atoms with Crippen molar-refractivity contribution in [2.75, 3.05) is 40.3 Å². The van der Waals surface area contributed by atoms with Gasteiger partial charge >= 0.3 is 0 Å². The van der Waals surface area contributed by atoms with Crippen LogP contribution in [0.25, 0.3) is 0 Å². The number of halogens is 3. The second-order valence-corrected chi connectivity index (χ2v) is 13.7. The van der Waals surface area contributed by atoms with E-state index in [4.69, 9.17) is 16.3 Å². The molecule has 222 valence electrons. The fourth-order valence-corrected chi connectivity index (χ4v) is 9.07.